The number of pyridine rings is 1. The van der Waals surface area contributed by atoms with E-state index >= 15 is 0 Å². The number of amides is 2. The Kier molecular flexibility index (Phi) is 5.42. The number of nitrogens with one attached hydrogen (secondary N) is 2. The van der Waals surface area contributed by atoms with Crippen molar-refractivity contribution < 1.29 is 27.2 Å². The van der Waals surface area contributed by atoms with Gasteiger partial charge in [-0.2, -0.15) is 13.2 Å². The maximum Gasteiger partial charge on any atom is 0.414 e. The molecule has 11 heteroatoms. The van der Waals surface area contributed by atoms with Crippen LogP contribution in [0.4, 0.5) is 17.6 Å². The molecule has 2 unspecified atom stereocenters. The Hall–Kier alpha value is -3.37. The van der Waals surface area contributed by atoms with E-state index in [1.54, 1.807) is 12.2 Å². The van der Waals surface area contributed by atoms with E-state index in [0.29, 0.717) is 0 Å². The smallest absolute Gasteiger partial charge is 0.351 e. The van der Waals surface area contributed by atoms with Crippen LogP contribution in [0.2, 0.25) is 0 Å². The van der Waals surface area contributed by atoms with Crippen molar-refractivity contribution in [2.75, 3.05) is 13.1 Å². The lowest BCUT2D eigenvalue weighted by Crippen LogP contribution is -2.50. The predicted octanol–water partition coefficient (Wildman–Crippen LogP) is 1.90. The van der Waals surface area contributed by atoms with Gasteiger partial charge in [-0.05, 0) is 30.7 Å². The van der Waals surface area contributed by atoms with Gasteiger partial charge < -0.3 is 20.4 Å². The second-order valence-corrected chi connectivity index (χ2v) is 7.29. The van der Waals surface area contributed by atoms with E-state index < -0.39 is 36.4 Å². The summed E-state index contributed by atoms with van der Waals surface area (Å²) in [5.74, 6) is -1.49. The Morgan fingerprint density at radius 3 is 2.71 bits per heavy atom. The minimum Gasteiger partial charge on any atom is -0.351 e. The first-order chi connectivity index (χ1) is 14.8. The second kappa shape index (κ2) is 8.05. The molecule has 0 saturated carbocycles. The highest BCUT2D eigenvalue weighted by Gasteiger charge is 2.46. The van der Waals surface area contributed by atoms with Crippen molar-refractivity contribution in [3.05, 3.63) is 65.9 Å². The summed E-state index contributed by atoms with van der Waals surface area (Å²) in [5.41, 5.74) is -0.294. The molecule has 0 aromatic carbocycles. The number of alkyl halides is 4. The molecule has 31 heavy (non-hydrogen) atoms. The van der Waals surface area contributed by atoms with Gasteiger partial charge in [-0.25, -0.2) is 4.39 Å². The van der Waals surface area contributed by atoms with E-state index in [4.69, 9.17) is 0 Å². The summed E-state index contributed by atoms with van der Waals surface area (Å²) in [6, 6.07) is 1.70. The van der Waals surface area contributed by atoms with E-state index in [2.05, 4.69) is 10.3 Å². The largest absolute Gasteiger partial charge is 0.414 e. The van der Waals surface area contributed by atoms with Crippen molar-refractivity contribution in [2.24, 2.45) is 0 Å². The first-order valence-electron chi connectivity index (χ1n) is 9.61. The van der Waals surface area contributed by atoms with Crippen LogP contribution < -0.4 is 10.6 Å². The van der Waals surface area contributed by atoms with E-state index in [0.717, 1.165) is 0 Å². The molecule has 1 aromatic heterocycles. The molecule has 1 saturated heterocycles. The maximum atomic E-state index is 13.6. The number of fused-ring (bicyclic) bond motifs is 1. The minimum atomic E-state index is -4.78. The van der Waals surface area contributed by atoms with Gasteiger partial charge in [0.1, 0.15) is 11.9 Å². The highest BCUT2D eigenvalue weighted by molar-refractivity contribution is 5.97. The van der Waals surface area contributed by atoms with Crippen molar-refractivity contribution in [1.29, 1.82) is 0 Å². The van der Waals surface area contributed by atoms with Crippen LogP contribution in [0.25, 0.3) is 0 Å². The van der Waals surface area contributed by atoms with Gasteiger partial charge in [0, 0.05) is 18.9 Å². The van der Waals surface area contributed by atoms with E-state index in [1.165, 1.54) is 46.5 Å². The predicted molar refractivity (Wildman–Crippen MR) is 101 cm³/mol. The maximum absolute atomic E-state index is 13.6. The van der Waals surface area contributed by atoms with Crippen molar-refractivity contribution in [2.45, 2.75) is 31.0 Å². The van der Waals surface area contributed by atoms with Gasteiger partial charge in [0.2, 0.25) is 0 Å². The number of aromatic nitrogens is 1. The molecule has 2 N–H and O–H groups in total. The van der Waals surface area contributed by atoms with Crippen molar-refractivity contribution in [1.82, 2.24) is 25.4 Å². The molecule has 1 aromatic rings. The second-order valence-electron chi connectivity index (χ2n) is 7.29. The number of likely N-dealkylation sites (tertiary alicyclic amines) is 1. The molecular weight excluding hydrogens is 418 g/mol. The highest BCUT2D eigenvalue weighted by Crippen LogP contribution is 2.33. The summed E-state index contributed by atoms with van der Waals surface area (Å²) in [5, 5.41) is 4.69. The summed E-state index contributed by atoms with van der Waals surface area (Å²) in [6.45, 7) is 0.176. The van der Waals surface area contributed by atoms with Crippen molar-refractivity contribution in [3.8, 4) is 0 Å². The minimum absolute atomic E-state index is 0.0584. The average molecular weight is 437 g/mol. The quantitative estimate of drug-likeness (QED) is 0.704. The summed E-state index contributed by atoms with van der Waals surface area (Å²) in [6.07, 6.45) is 0.742. The Morgan fingerprint density at radius 2 is 2.06 bits per heavy atom. The fourth-order valence-electron chi connectivity index (χ4n) is 3.70. The van der Waals surface area contributed by atoms with Gasteiger partial charge in [-0.1, -0.05) is 12.1 Å². The van der Waals surface area contributed by atoms with Crippen LogP contribution in [0, 0.1) is 0 Å². The fourth-order valence-corrected chi connectivity index (χ4v) is 3.70. The first-order valence-corrected chi connectivity index (χ1v) is 9.61. The Labute approximate surface area is 175 Å². The number of carbonyl (C=O) groups is 2. The van der Waals surface area contributed by atoms with Gasteiger partial charge in [-0.3, -0.25) is 14.6 Å². The third-order valence-electron chi connectivity index (χ3n) is 5.20. The Balaban J connectivity index is 1.57. The molecule has 3 atom stereocenters. The zero-order valence-corrected chi connectivity index (χ0v) is 16.1. The summed E-state index contributed by atoms with van der Waals surface area (Å²) in [4.78, 5) is 32.2. The molecule has 164 valence electrons. The molecular formula is C20H19F4N5O2. The van der Waals surface area contributed by atoms with Crippen LogP contribution in [0.3, 0.4) is 0 Å². The molecule has 0 spiro atoms. The number of hydrogen-bond donors (Lipinski definition) is 2. The Bertz CT molecular complexity index is 960. The lowest BCUT2D eigenvalue weighted by molar-refractivity contribution is -0.163. The topological polar surface area (TPSA) is 77.6 Å². The summed E-state index contributed by atoms with van der Waals surface area (Å²) in [7, 11) is 0. The monoisotopic (exact) mass is 437 g/mol. The molecule has 4 heterocycles. The molecule has 2 amide bonds. The SMILES string of the molecule is O=C(NC(c1ccccn1)C(F)(F)F)C1=C2C=CC=CN2C(C(=O)N2CC[C@H](F)C2)N1. The normalized spacial score (nSPS) is 23.6. The summed E-state index contributed by atoms with van der Waals surface area (Å²) < 4.78 is 54.4. The van der Waals surface area contributed by atoms with Crippen molar-refractivity contribution in [3.63, 3.8) is 0 Å². The molecule has 0 bridgehead atoms. The van der Waals surface area contributed by atoms with Crippen molar-refractivity contribution >= 4 is 11.8 Å². The van der Waals surface area contributed by atoms with E-state index in [-0.39, 0.29) is 36.6 Å². The van der Waals surface area contributed by atoms with Crippen LogP contribution in [-0.2, 0) is 9.59 Å². The van der Waals surface area contributed by atoms with E-state index in [1.807, 2.05) is 5.32 Å². The number of carbonyl (C=O) groups excluding carboxylic acids is 2. The molecule has 3 aliphatic rings. The number of nitrogens with zero attached hydrogens (tertiary/aromatic N) is 3. The average Bonchev–Trinajstić information content (AvgIpc) is 3.35. The summed E-state index contributed by atoms with van der Waals surface area (Å²) >= 11 is 0. The lowest BCUT2D eigenvalue weighted by Gasteiger charge is -2.28. The van der Waals surface area contributed by atoms with Crippen LogP contribution in [0.5, 0.6) is 0 Å². The van der Waals surface area contributed by atoms with Crippen LogP contribution in [-0.4, -0.2) is 58.2 Å². The zero-order valence-electron chi connectivity index (χ0n) is 16.1. The highest BCUT2D eigenvalue weighted by atomic mass is 19.4. The third-order valence-corrected chi connectivity index (χ3v) is 5.20. The number of allylic oxidation sites excluding steroid dienone is 3. The fraction of sp³-hybridized carbons (Fsp3) is 0.350. The standard InChI is InChI=1S/C20H19F4N5O2/c21-12-7-10-28(11-12)19(31)17-26-15(14-6-2-4-9-29(14)17)18(30)27-16(20(22,23)24)13-5-1-3-8-25-13/h1-6,8-9,12,16-17,26H,7,10-11H2,(H,27,30)/t12-,16?,17?/m0/s1. The van der Waals surface area contributed by atoms with Gasteiger partial charge in [0.05, 0.1) is 17.9 Å². The molecule has 1 fully saturated rings. The first kappa shape index (κ1) is 20.9. The molecule has 4 rings (SSSR count). The number of halogens is 4. The van der Waals surface area contributed by atoms with Crippen LogP contribution in [0.1, 0.15) is 18.2 Å². The molecule has 3 aliphatic heterocycles. The van der Waals surface area contributed by atoms with Crippen LogP contribution >= 0.6 is 0 Å². The van der Waals surface area contributed by atoms with Crippen LogP contribution in [0.15, 0.2) is 60.2 Å². The number of rotatable bonds is 4. The molecule has 7 nitrogen and oxygen atoms in total. The number of hydrogen-bond acceptors (Lipinski definition) is 5. The third kappa shape index (κ3) is 4.12. The van der Waals surface area contributed by atoms with Gasteiger partial charge in [0.25, 0.3) is 11.8 Å². The zero-order chi connectivity index (χ0) is 22.2. The van der Waals surface area contributed by atoms with E-state index in [9.17, 15) is 27.2 Å². The van der Waals surface area contributed by atoms with Gasteiger partial charge >= 0.3 is 6.18 Å². The lowest BCUT2D eigenvalue weighted by atomic mass is 10.1. The molecule has 0 aliphatic carbocycles. The Morgan fingerprint density at radius 1 is 1.26 bits per heavy atom. The van der Waals surface area contributed by atoms with Gasteiger partial charge in [0.15, 0.2) is 12.2 Å². The van der Waals surface area contributed by atoms with Gasteiger partial charge in [-0.15, -0.1) is 0 Å². The molecule has 0 radical (unpaired) electrons.